The van der Waals surface area contributed by atoms with Gasteiger partial charge in [-0.3, -0.25) is 9.69 Å². The molecular formula is C23H25N5O3. The zero-order valence-electron chi connectivity index (χ0n) is 17.9. The van der Waals surface area contributed by atoms with Crippen molar-refractivity contribution in [2.75, 3.05) is 39.2 Å². The molecule has 0 bridgehead atoms. The molecule has 0 aliphatic carbocycles. The quantitative estimate of drug-likeness (QED) is 0.684. The summed E-state index contributed by atoms with van der Waals surface area (Å²) in [5, 5.41) is 3.37. The number of primary amides is 1. The van der Waals surface area contributed by atoms with Crippen molar-refractivity contribution in [1.82, 2.24) is 14.9 Å². The first kappa shape index (κ1) is 21.9. The maximum Gasteiger partial charge on any atom is 0.270 e. The molecular weight excluding hydrogens is 394 g/mol. The predicted octanol–water partition coefficient (Wildman–Crippen LogP) is 1.50. The Morgan fingerprint density at radius 1 is 1.26 bits per heavy atom. The molecule has 1 aliphatic rings. The van der Waals surface area contributed by atoms with E-state index in [1.807, 2.05) is 6.92 Å². The Balaban J connectivity index is 1.83. The first-order valence-corrected chi connectivity index (χ1v) is 9.82. The van der Waals surface area contributed by atoms with Crippen LogP contribution < -0.4 is 20.5 Å². The number of carbonyl (C=O) groups is 1. The summed E-state index contributed by atoms with van der Waals surface area (Å²) in [6, 6.07) is 5.50. The summed E-state index contributed by atoms with van der Waals surface area (Å²) in [5.41, 5.74) is 6.35. The van der Waals surface area contributed by atoms with Crippen molar-refractivity contribution in [2.45, 2.75) is 19.4 Å². The number of benzene rings is 1. The summed E-state index contributed by atoms with van der Waals surface area (Å²) < 4.78 is 10.5. The van der Waals surface area contributed by atoms with Crippen LogP contribution in [-0.4, -0.2) is 60.7 Å². The van der Waals surface area contributed by atoms with Crippen molar-refractivity contribution >= 4 is 11.7 Å². The second-order valence-corrected chi connectivity index (χ2v) is 6.96. The summed E-state index contributed by atoms with van der Waals surface area (Å²) in [6.45, 7) is 4.41. The van der Waals surface area contributed by atoms with E-state index in [0.29, 0.717) is 22.9 Å². The summed E-state index contributed by atoms with van der Waals surface area (Å²) in [6.07, 6.45) is 2.48. The number of hydrogen-bond donors (Lipinski definition) is 2. The minimum absolute atomic E-state index is 0.0270. The van der Waals surface area contributed by atoms with Crippen LogP contribution in [0, 0.1) is 23.7 Å². The number of rotatable bonds is 6. The van der Waals surface area contributed by atoms with E-state index in [4.69, 9.17) is 15.2 Å². The van der Waals surface area contributed by atoms with Crippen molar-refractivity contribution in [2.24, 2.45) is 5.73 Å². The standard InChI is InChI=1S/C23H25N5O3/c1-4-5-9-28-10-8-17(15-28)26-21-14-25-22(23(24)29)20(27-21)7-6-16-11-18(30-2)13-19(12-16)31-3/h11-14,17H,8-10,15H2,1-3H3,(H2,24,29)(H,26,27)/t17-/m0/s1. The van der Waals surface area contributed by atoms with Crippen molar-refractivity contribution < 1.29 is 14.3 Å². The number of nitrogens with one attached hydrogen (secondary N) is 1. The number of hydrogen-bond acceptors (Lipinski definition) is 7. The largest absolute Gasteiger partial charge is 0.497 e. The van der Waals surface area contributed by atoms with Crippen LogP contribution in [-0.2, 0) is 0 Å². The normalized spacial score (nSPS) is 15.3. The average molecular weight is 419 g/mol. The second kappa shape index (κ2) is 10.3. The number of carbonyl (C=O) groups excluding carboxylic acids is 1. The summed E-state index contributed by atoms with van der Waals surface area (Å²) >= 11 is 0. The van der Waals surface area contributed by atoms with E-state index in [0.717, 1.165) is 26.1 Å². The van der Waals surface area contributed by atoms with E-state index in [1.54, 1.807) is 32.4 Å². The highest BCUT2D eigenvalue weighted by Crippen LogP contribution is 2.22. The average Bonchev–Trinajstić information content (AvgIpc) is 3.22. The Hall–Kier alpha value is -3.75. The molecule has 3 rings (SSSR count). The monoisotopic (exact) mass is 419 g/mol. The van der Waals surface area contributed by atoms with Gasteiger partial charge in [-0.25, -0.2) is 9.97 Å². The van der Waals surface area contributed by atoms with Gasteiger partial charge in [0.1, 0.15) is 23.0 Å². The van der Waals surface area contributed by atoms with Crippen LogP contribution in [0.1, 0.15) is 35.1 Å². The Morgan fingerprint density at radius 2 is 2.00 bits per heavy atom. The van der Waals surface area contributed by atoms with Gasteiger partial charge in [-0.15, -0.1) is 5.92 Å². The van der Waals surface area contributed by atoms with Gasteiger partial charge >= 0.3 is 0 Å². The summed E-state index contributed by atoms with van der Waals surface area (Å²) in [7, 11) is 3.13. The van der Waals surface area contributed by atoms with Crippen molar-refractivity contribution in [1.29, 1.82) is 0 Å². The molecule has 0 radical (unpaired) electrons. The van der Waals surface area contributed by atoms with Gasteiger partial charge in [-0.05, 0) is 31.4 Å². The van der Waals surface area contributed by atoms with Gasteiger partial charge in [0.25, 0.3) is 5.91 Å². The number of aromatic nitrogens is 2. The highest BCUT2D eigenvalue weighted by molar-refractivity contribution is 5.93. The molecule has 1 aromatic heterocycles. The minimum atomic E-state index is -0.684. The van der Waals surface area contributed by atoms with E-state index in [1.165, 1.54) is 6.20 Å². The number of anilines is 1. The van der Waals surface area contributed by atoms with Gasteiger partial charge in [-0.1, -0.05) is 11.8 Å². The van der Waals surface area contributed by atoms with E-state index in [-0.39, 0.29) is 17.4 Å². The number of ether oxygens (including phenoxy) is 2. The molecule has 0 saturated carbocycles. The third kappa shape index (κ3) is 5.88. The fraction of sp³-hybridized carbons (Fsp3) is 0.348. The third-order valence-electron chi connectivity index (χ3n) is 4.79. The van der Waals surface area contributed by atoms with Gasteiger partial charge in [0.15, 0.2) is 5.69 Å². The lowest BCUT2D eigenvalue weighted by atomic mass is 10.2. The van der Waals surface area contributed by atoms with Crippen LogP contribution in [0.3, 0.4) is 0 Å². The molecule has 2 aromatic rings. The maximum atomic E-state index is 11.8. The minimum Gasteiger partial charge on any atom is -0.497 e. The molecule has 1 fully saturated rings. The maximum absolute atomic E-state index is 11.8. The number of nitrogens with zero attached hydrogens (tertiary/aromatic N) is 3. The van der Waals surface area contributed by atoms with Crippen LogP contribution in [0.5, 0.6) is 11.5 Å². The van der Waals surface area contributed by atoms with Crippen molar-refractivity contribution in [3.63, 3.8) is 0 Å². The zero-order valence-corrected chi connectivity index (χ0v) is 17.9. The molecule has 1 aliphatic heterocycles. The van der Waals surface area contributed by atoms with Gasteiger partial charge in [0.05, 0.1) is 27.0 Å². The van der Waals surface area contributed by atoms with E-state index < -0.39 is 5.91 Å². The lowest BCUT2D eigenvalue weighted by molar-refractivity contribution is 0.0995. The number of amides is 1. The predicted molar refractivity (Wildman–Crippen MR) is 118 cm³/mol. The van der Waals surface area contributed by atoms with E-state index in [9.17, 15) is 4.79 Å². The molecule has 2 heterocycles. The van der Waals surface area contributed by atoms with Gasteiger partial charge < -0.3 is 20.5 Å². The van der Waals surface area contributed by atoms with Gasteiger partial charge in [0.2, 0.25) is 0 Å². The molecule has 0 unspecified atom stereocenters. The molecule has 160 valence electrons. The Morgan fingerprint density at radius 3 is 2.65 bits per heavy atom. The van der Waals surface area contributed by atoms with Gasteiger partial charge in [0, 0.05) is 30.8 Å². The molecule has 1 saturated heterocycles. The molecule has 1 aromatic carbocycles. The third-order valence-corrected chi connectivity index (χ3v) is 4.79. The van der Waals surface area contributed by atoms with Gasteiger partial charge in [-0.2, -0.15) is 0 Å². The zero-order chi connectivity index (χ0) is 22.2. The molecule has 8 heteroatoms. The second-order valence-electron chi connectivity index (χ2n) is 6.96. The summed E-state index contributed by atoms with van der Waals surface area (Å²) in [5.74, 6) is 13.0. The highest BCUT2D eigenvalue weighted by Gasteiger charge is 2.22. The van der Waals surface area contributed by atoms with E-state index in [2.05, 4.69) is 43.9 Å². The van der Waals surface area contributed by atoms with Crippen LogP contribution in [0.2, 0.25) is 0 Å². The lowest BCUT2D eigenvalue weighted by Gasteiger charge is -2.15. The number of likely N-dealkylation sites (tertiary alicyclic amines) is 1. The molecule has 31 heavy (non-hydrogen) atoms. The number of methoxy groups -OCH3 is 2. The Kier molecular flexibility index (Phi) is 7.31. The highest BCUT2D eigenvalue weighted by atomic mass is 16.5. The Bertz CT molecular complexity index is 1060. The lowest BCUT2D eigenvalue weighted by Crippen LogP contribution is -2.27. The van der Waals surface area contributed by atoms with Crippen LogP contribution in [0.4, 0.5) is 5.82 Å². The van der Waals surface area contributed by atoms with Crippen LogP contribution in [0.25, 0.3) is 0 Å². The van der Waals surface area contributed by atoms with Crippen LogP contribution in [0.15, 0.2) is 24.4 Å². The Labute approximate surface area is 182 Å². The van der Waals surface area contributed by atoms with Crippen molar-refractivity contribution in [3.8, 4) is 35.2 Å². The summed E-state index contributed by atoms with van der Waals surface area (Å²) in [4.78, 5) is 22.7. The number of nitrogens with two attached hydrogens (primary N) is 1. The molecule has 1 atom stereocenters. The first-order valence-electron chi connectivity index (χ1n) is 9.82. The SMILES string of the molecule is CC#CCN1CC[C@H](Nc2cnc(C(N)=O)c(C#Cc3cc(OC)cc(OC)c3)n2)C1. The molecule has 0 spiro atoms. The molecule has 1 amide bonds. The molecule has 3 N–H and O–H groups in total. The molecule has 8 nitrogen and oxygen atoms in total. The van der Waals surface area contributed by atoms with Crippen LogP contribution >= 0.6 is 0 Å². The first-order chi connectivity index (χ1) is 15.0. The fourth-order valence-corrected chi connectivity index (χ4v) is 3.23. The smallest absolute Gasteiger partial charge is 0.270 e. The van der Waals surface area contributed by atoms with E-state index >= 15 is 0 Å². The van der Waals surface area contributed by atoms with Crippen molar-refractivity contribution in [3.05, 3.63) is 41.3 Å². The topological polar surface area (TPSA) is 103 Å². The fourth-order valence-electron chi connectivity index (χ4n) is 3.23.